The Morgan fingerprint density at radius 2 is 2.21 bits per heavy atom. The number of amides is 1. The van der Waals surface area contributed by atoms with E-state index in [4.69, 9.17) is 0 Å². The number of rotatable bonds is 3. The highest BCUT2D eigenvalue weighted by Gasteiger charge is 2.13. The Bertz CT molecular complexity index is 330. The van der Waals surface area contributed by atoms with E-state index >= 15 is 0 Å². The van der Waals surface area contributed by atoms with Crippen LogP contribution in [0.5, 0.6) is 0 Å². The van der Waals surface area contributed by atoms with Gasteiger partial charge in [-0.2, -0.15) is 0 Å². The molecule has 0 aliphatic rings. The van der Waals surface area contributed by atoms with E-state index in [0.717, 1.165) is 0 Å². The molecule has 1 amide bonds. The fraction of sp³-hybridized carbons (Fsp3) is 0.300. The average molecular weight is 260 g/mol. The molecule has 0 saturated heterocycles. The van der Waals surface area contributed by atoms with Gasteiger partial charge in [0.25, 0.3) is 0 Å². The molecule has 1 N–H and O–H groups in total. The van der Waals surface area contributed by atoms with Crippen LogP contribution in [0.2, 0.25) is 0 Å². The predicted molar refractivity (Wildman–Crippen MR) is 58.0 cm³/mol. The second-order valence-electron chi connectivity index (χ2n) is 2.84. The van der Waals surface area contributed by atoms with E-state index in [1.165, 1.54) is 12.1 Å². The second-order valence-corrected chi connectivity index (χ2v) is 3.95. The standard InChI is InChI=1S/C10H11BrFNO/c1-2-7(11)10(14)13-9-6-4-3-5-8(9)12/h3-7H,2H2,1H3,(H,13,14)/t7-/m0/s1. The number of para-hydroxylation sites is 1. The van der Waals surface area contributed by atoms with Crippen molar-refractivity contribution in [1.82, 2.24) is 0 Å². The highest BCUT2D eigenvalue weighted by molar-refractivity contribution is 9.10. The summed E-state index contributed by atoms with van der Waals surface area (Å²) in [5, 5.41) is 2.50. The van der Waals surface area contributed by atoms with Gasteiger partial charge in [-0.05, 0) is 18.6 Å². The molecule has 0 saturated carbocycles. The number of halogens is 2. The topological polar surface area (TPSA) is 29.1 Å². The first-order chi connectivity index (χ1) is 6.65. The Kier molecular flexibility index (Phi) is 4.07. The van der Waals surface area contributed by atoms with Crippen molar-refractivity contribution in [3.63, 3.8) is 0 Å². The Hall–Kier alpha value is -0.900. The van der Waals surface area contributed by atoms with Crippen LogP contribution in [0.1, 0.15) is 13.3 Å². The first-order valence-electron chi connectivity index (χ1n) is 4.34. The van der Waals surface area contributed by atoms with Crippen LogP contribution in [0.3, 0.4) is 0 Å². The van der Waals surface area contributed by atoms with Crippen molar-refractivity contribution < 1.29 is 9.18 Å². The molecule has 0 bridgehead atoms. The molecule has 4 heteroatoms. The van der Waals surface area contributed by atoms with Gasteiger partial charge in [-0.25, -0.2) is 4.39 Å². The largest absolute Gasteiger partial charge is 0.323 e. The zero-order valence-electron chi connectivity index (χ0n) is 7.76. The van der Waals surface area contributed by atoms with Crippen molar-refractivity contribution in [2.75, 3.05) is 5.32 Å². The van der Waals surface area contributed by atoms with E-state index in [0.29, 0.717) is 6.42 Å². The molecule has 0 spiro atoms. The van der Waals surface area contributed by atoms with Crippen LogP contribution in [-0.4, -0.2) is 10.7 Å². The molecule has 1 aromatic carbocycles. The zero-order chi connectivity index (χ0) is 10.6. The van der Waals surface area contributed by atoms with Gasteiger partial charge in [0.1, 0.15) is 5.82 Å². The first-order valence-corrected chi connectivity index (χ1v) is 5.26. The predicted octanol–water partition coefficient (Wildman–Crippen LogP) is 2.94. The van der Waals surface area contributed by atoms with E-state index in [1.54, 1.807) is 12.1 Å². The number of hydrogen-bond donors (Lipinski definition) is 1. The van der Waals surface area contributed by atoms with Crippen molar-refractivity contribution in [3.05, 3.63) is 30.1 Å². The van der Waals surface area contributed by atoms with Gasteiger partial charge >= 0.3 is 0 Å². The minimum atomic E-state index is -0.420. The van der Waals surface area contributed by atoms with Crippen LogP contribution in [0, 0.1) is 5.82 Å². The summed E-state index contributed by atoms with van der Waals surface area (Å²) in [5.41, 5.74) is 0.218. The molecular weight excluding hydrogens is 249 g/mol. The van der Waals surface area contributed by atoms with Gasteiger partial charge in [-0.3, -0.25) is 4.79 Å². The quantitative estimate of drug-likeness (QED) is 0.832. The van der Waals surface area contributed by atoms with Gasteiger partial charge in [-0.15, -0.1) is 0 Å². The SMILES string of the molecule is CC[C@H](Br)C(=O)Nc1ccccc1F. The molecule has 2 nitrogen and oxygen atoms in total. The molecule has 0 aliphatic heterocycles. The average Bonchev–Trinajstić information content (AvgIpc) is 2.20. The van der Waals surface area contributed by atoms with Crippen LogP contribution in [0.25, 0.3) is 0 Å². The van der Waals surface area contributed by atoms with Crippen LogP contribution in [0.4, 0.5) is 10.1 Å². The number of carbonyl (C=O) groups is 1. The van der Waals surface area contributed by atoms with Crippen LogP contribution in [0.15, 0.2) is 24.3 Å². The van der Waals surface area contributed by atoms with Gasteiger partial charge in [0.05, 0.1) is 10.5 Å². The monoisotopic (exact) mass is 259 g/mol. The van der Waals surface area contributed by atoms with Gasteiger partial charge in [0.2, 0.25) is 5.91 Å². The number of alkyl halides is 1. The first kappa shape index (κ1) is 11.2. The molecule has 0 unspecified atom stereocenters. The maximum atomic E-state index is 13.1. The lowest BCUT2D eigenvalue weighted by molar-refractivity contribution is -0.115. The van der Waals surface area contributed by atoms with Gasteiger partial charge in [0, 0.05) is 0 Å². The van der Waals surface area contributed by atoms with E-state index in [1.807, 2.05) is 6.92 Å². The molecule has 14 heavy (non-hydrogen) atoms. The van der Waals surface area contributed by atoms with E-state index in [-0.39, 0.29) is 16.4 Å². The summed E-state index contributed by atoms with van der Waals surface area (Å²) in [6, 6.07) is 6.09. The van der Waals surface area contributed by atoms with Crippen molar-refractivity contribution >= 4 is 27.5 Å². The molecule has 1 atom stereocenters. The normalized spacial score (nSPS) is 12.2. The summed E-state index contributed by atoms with van der Waals surface area (Å²) in [7, 11) is 0. The van der Waals surface area contributed by atoms with Gasteiger partial charge < -0.3 is 5.32 Å². The van der Waals surface area contributed by atoms with Crippen LogP contribution < -0.4 is 5.32 Å². The Balaban J connectivity index is 2.70. The van der Waals surface area contributed by atoms with Crippen molar-refractivity contribution in [1.29, 1.82) is 0 Å². The molecule has 0 aromatic heterocycles. The third-order valence-electron chi connectivity index (χ3n) is 1.77. The minimum Gasteiger partial charge on any atom is -0.323 e. The van der Waals surface area contributed by atoms with Gasteiger partial charge in [0.15, 0.2) is 0 Å². The highest BCUT2D eigenvalue weighted by atomic mass is 79.9. The molecule has 0 fully saturated rings. The Morgan fingerprint density at radius 1 is 1.57 bits per heavy atom. The minimum absolute atomic E-state index is 0.218. The third kappa shape index (κ3) is 2.80. The molecular formula is C10H11BrFNO. The second kappa shape index (κ2) is 5.10. The molecule has 1 rings (SSSR count). The Labute approximate surface area is 90.6 Å². The molecule has 1 aromatic rings. The number of hydrogen-bond acceptors (Lipinski definition) is 1. The lowest BCUT2D eigenvalue weighted by Crippen LogP contribution is -2.22. The van der Waals surface area contributed by atoms with E-state index < -0.39 is 5.82 Å². The highest BCUT2D eigenvalue weighted by Crippen LogP contribution is 2.14. The maximum absolute atomic E-state index is 13.1. The van der Waals surface area contributed by atoms with Crippen molar-refractivity contribution in [2.24, 2.45) is 0 Å². The number of benzene rings is 1. The van der Waals surface area contributed by atoms with Crippen molar-refractivity contribution in [3.8, 4) is 0 Å². The lowest BCUT2D eigenvalue weighted by atomic mass is 10.2. The van der Waals surface area contributed by atoms with Crippen molar-refractivity contribution in [2.45, 2.75) is 18.2 Å². The summed E-state index contributed by atoms with van der Waals surface area (Å²) in [6.07, 6.45) is 0.667. The summed E-state index contributed by atoms with van der Waals surface area (Å²) in [5.74, 6) is -0.644. The van der Waals surface area contributed by atoms with Gasteiger partial charge in [-0.1, -0.05) is 35.0 Å². The fourth-order valence-corrected chi connectivity index (χ4v) is 1.07. The van der Waals surface area contributed by atoms with E-state index in [9.17, 15) is 9.18 Å². The van der Waals surface area contributed by atoms with Crippen LogP contribution >= 0.6 is 15.9 Å². The number of anilines is 1. The number of carbonyl (C=O) groups excluding carboxylic acids is 1. The van der Waals surface area contributed by atoms with E-state index in [2.05, 4.69) is 21.2 Å². The fourth-order valence-electron chi connectivity index (χ4n) is 0.959. The summed E-state index contributed by atoms with van der Waals surface area (Å²) in [6.45, 7) is 1.88. The zero-order valence-corrected chi connectivity index (χ0v) is 9.34. The number of nitrogens with one attached hydrogen (secondary N) is 1. The molecule has 76 valence electrons. The summed E-state index contributed by atoms with van der Waals surface area (Å²) < 4.78 is 13.1. The summed E-state index contributed by atoms with van der Waals surface area (Å²) in [4.78, 5) is 11.1. The Morgan fingerprint density at radius 3 is 2.79 bits per heavy atom. The smallest absolute Gasteiger partial charge is 0.238 e. The lowest BCUT2D eigenvalue weighted by Gasteiger charge is -2.08. The molecule has 0 aliphatic carbocycles. The third-order valence-corrected chi connectivity index (χ3v) is 2.84. The summed E-state index contributed by atoms with van der Waals surface area (Å²) >= 11 is 3.19. The molecule has 0 heterocycles. The molecule has 0 radical (unpaired) electrons. The maximum Gasteiger partial charge on any atom is 0.238 e. The van der Waals surface area contributed by atoms with Crippen LogP contribution in [-0.2, 0) is 4.79 Å².